The third-order valence-corrected chi connectivity index (χ3v) is 2.68. The first-order valence-electron chi connectivity index (χ1n) is 6.53. The largest absolute Gasteiger partial charge is 0.450 e. The van der Waals surface area contributed by atoms with Crippen LogP contribution in [0, 0.1) is 0 Å². The minimum absolute atomic E-state index is 0.0260. The Hall–Kier alpha value is -1.39. The van der Waals surface area contributed by atoms with Crippen LogP contribution in [0.3, 0.4) is 0 Å². The van der Waals surface area contributed by atoms with Gasteiger partial charge in [0.1, 0.15) is 5.78 Å². The highest BCUT2D eigenvalue weighted by atomic mass is 19.4. The zero-order valence-electron chi connectivity index (χ0n) is 12.1. The Labute approximate surface area is 117 Å². The molecule has 0 saturated heterocycles. The minimum Gasteiger partial charge on any atom is -0.299 e. The number of carbonyl (C=O) groups excluding carboxylic acids is 2. The summed E-state index contributed by atoms with van der Waals surface area (Å²) in [6.07, 6.45) is 0.109. The van der Waals surface area contributed by atoms with Crippen molar-refractivity contribution in [2.45, 2.75) is 59.1 Å². The van der Waals surface area contributed by atoms with Crippen molar-refractivity contribution in [3.63, 3.8) is 0 Å². The molecule has 5 heteroatoms. The summed E-state index contributed by atoms with van der Waals surface area (Å²) in [5.41, 5.74) is 2.33. The van der Waals surface area contributed by atoms with Gasteiger partial charge in [-0.2, -0.15) is 13.2 Å². The normalized spacial score (nSPS) is 12.2. The van der Waals surface area contributed by atoms with Gasteiger partial charge in [0.15, 0.2) is 0 Å². The number of hydrogen-bond acceptors (Lipinski definition) is 2. The fourth-order valence-electron chi connectivity index (χ4n) is 1.54. The number of rotatable bonds is 8. The van der Waals surface area contributed by atoms with Gasteiger partial charge in [0.2, 0.25) is 5.78 Å². The van der Waals surface area contributed by atoms with Crippen molar-refractivity contribution in [1.29, 1.82) is 0 Å². The van der Waals surface area contributed by atoms with E-state index in [9.17, 15) is 22.8 Å². The first-order valence-corrected chi connectivity index (χ1v) is 6.53. The predicted octanol–water partition coefficient (Wildman–Crippen LogP) is 4.55. The van der Waals surface area contributed by atoms with Gasteiger partial charge in [-0.15, -0.1) is 0 Å². The second-order valence-electron chi connectivity index (χ2n) is 5.05. The molecule has 0 aliphatic carbocycles. The van der Waals surface area contributed by atoms with Gasteiger partial charge in [0.05, 0.1) is 6.42 Å². The van der Waals surface area contributed by atoms with Crippen LogP contribution in [0.25, 0.3) is 0 Å². The highest BCUT2D eigenvalue weighted by molar-refractivity contribution is 6.01. The summed E-state index contributed by atoms with van der Waals surface area (Å²) in [6, 6.07) is 0. The number of alkyl halides is 3. The molecular formula is C15H21F3O2. The van der Waals surface area contributed by atoms with E-state index in [4.69, 9.17) is 0 Å². The van der Waals surface area contributed by atoms with Crippen LogP contribution in [0.4, 0.5) is 13.2 Å². The Kier molecular flexibility index (Phi) is 8.11. The van der Waals surface area contributed by atoms with Gasteiger partial charge in [-0.25, -0.2) is 0 Å². The Bertz CT molecular complexity index is 400. The third kappa shape index (κ3) is 9.53. The summed E-state index contributed by atoms with van der Waals surface area (Å²) >= 11 is 0. The van der Waals surface area contributed by atoms with Gasteiger partial charge in [-0.05, 0) is 40.0 Å². The van der Waals surface area contributed by atoms with Gasteiger partial charge < -0.3 is 0 Å². The van der Waals surface area contributed by atoms with Crippen molar-refractivity contribution in [2.75, 3.05) is 0 Å². The summed E-state index contributed by atoms with van der Waals surface area (Å²) in [4.78, 5) is 21.8. The van der Waals surface area contributed by atoms with Crippen molar-refractivity contribution in [2.24, 2.45) is 0 Å². The third-order valence-electron chi connectivity index (χ3n) is 2.68. The van der Waals surface area contributed by atoms with Crippen LogP contribution < -0.4 is 0 Å². The number of carbonyl (C=O) groups is 2. The lowest BCUT2D eigenvalue weighted by molar-refractivity contribution is -0.171. The standard InChI is InChI=1S/C15H21F3O2/c1-11(2)6-4-7-12(3)8-5-9-13(19)10-14(20)15(16,17)18/h6,8H,4-5,7,9-10H2,1-3H3. The SMILES string of the molecule is CC(C)=CCCC(C)=CCCC(=O)CC(=O)C(F)(F)F. The molecule has 0 aliphatic rings. The van der Waals surface area contributed by atoms with Crippen molar-refractivity contribution in [3.8, 4) is 0 Å². The van der Waals surface area contributed by atoms with E-state index >= 15 is 0 Å². The van der Waals surface area contributed by atoms with E-state index in [2.05, 4.69) is 6.08 Å². The lowest BCUT2D eigenvalue weighted by Crippen LogP contribution is -2.25. The molecule has 0 atom stereocenters. The molecular weight excluding hydrogens is 269 g/mol. The van der Waals surface area contributed by atoms with E-state index in [1.165, 1.54) is 5.57 Å². The van der Waals surface area contributed by atoms with Crippen LogP contribution in [0.2, 0.25) is 0 Å². The van der Waals surface area contributed by atoms with Gasteiger partial charge >= 0.3 is 6.18 Å². The van der Waals surface area contributed by atoms with Crippen LogP contribution >= 0.6 is 0 Å². The quantitative estimate of drug-likeness (QED) is 0.485. The van der Waals surface area contributed by atoms with Crippen LogP contribution in [0.5, 0.6) is 0 Å². The number of ketones is 2. The van der Waals surface area contributed by atoms with Crippen LogP contribution in [-0.4, -0.2) is 17.7 Å². The molecule has 0 saturated carbocycles. The zero-order valence-corrected chi connectivity index (χ0v) is 12.1. The van der Waals surface area contributed by atoms with Crippen molar-refractivity contribution in [3.05, 3.63) is 23.3 Å². The molecule has 0 N–H and O–H groups in total. The predicted molar refractivity (Wildman–Crippen MR) is 72.3 cm³/mol. The highest BCUT2D eigenvalue weighted by Crippen LogP contribution is 2.18. The topological polar surface area (TPSA) is 34.1 Å². The molecule has 0 fully saturated rings. The monoisotopic (exact) mass is 290 g/mol. The molecule has 2 nitrogen and oxygen atoms in total. The molecule has 0 unspecified atom stereocenters. The van der Waals surface area contributed by atoms with Crippen molar-refractivity contribution in [1.82, 2.24) is 0 Å². The summed E-state index contributed by atoms with van der Waals surface area (Å²) in [6.45, 7) is 5.94. The van der Waals surface area contributed by atoms with E-state index in [0.29, 0.717) is 6.42 Å². The van der Waals surface area contributed by atoms with E-state index in [1.54, 1.807) is 0 Å². The van der Waals surface area contributed by atoms with Crippen molar-refractivity contribution >= 4 is 11.6 Å². The molecule has 0 bridgehead atoms. The number of hydrogen-bond donors (Lipinski definition) is 0. The van der Waals surface area contributed by atoms with Crippen LogP contribution in [0.1, 0.15) is 52.9 Å². The van der Waals surface area contributed by atoms with E-state index < -0.39 is 24.2 Å². The molecule has 0 aromatic heterocycles. The molecule has 20 heavy (non-hydrogen) atoms. The number of Topliss-reactive ketones (excluding diaryl/α,β-unsaturated/α-hetero) is 2. The fraction of sp³-hybridized carbons (Fsp3) is 0.600. The van der Waals surface area contributed by atoms with Gasteiger partial charge in [0.25, 0.3) is 0 Å². The molecule has 0 radical (unpaired) electrons. The highest BCUT2D eigenvalue weighted by Gasteiger charge is 2.38. The first kappa shape index (κ1) is 18.6. The molecule has 0 spiro atoms. The fourth-order valence-corrected chi connectivity index (χ4v) is 1.54. The van der Waals surface area contributed by atoms with Crippen molar-refractivity contribution < 1.29 is 22.8 Å². The maximum atomic E-state index is 11.9. The van der Waals surface area contributed by atoms with Crippen LogP contribution in [-0.2, 0) is 9.59 Å². The van der Waals surface area contributed by atoms with Crippen LogP contribution in [0.15, 0.2) is 23.3 Å². The first-order chi connectivity index (χ1) is 9.12. The van der Waals surface area contributed by atoms with E-state index in [-0.39, 0.29) is 6.42 Å². The lowest BCUT2D eigenvalue weighted by atomic mass is 10.1. The zero-order chi connectivity index (χ0) is 15.8. The molecule has 0 rings (SSSR count). The minimum atomic E-state index is -4.91. The Morgan fingerprint density at radius 2 is 1.50 bits per heavy atom. The summed E-state index contributed by atoms with van der Waals surface area (Å²) < 4.78 is 35.8. The Morgan fingerprint density at radius 3 is 2.00 bits per heavy atom. The molecule has 0 aromatic carbocycles. The van der Waals surface area contributed by atoms with E-state index in [1.807, 2.05) is 26.8 Å². The summed E-state index contributed by atoms with van der Waals surface area (Å²) in [7, 11) is 0. The second kappa shape index (κ2) is 8.72. The number of halogens is 3. The number of allylic oxidation sites excluding steroid dienone is 4. The van der Waals surface area contributed by atoms with Gasteiger partial charge in [-0.1, -0.05) is 23.3 Å². The average molecular weight is 290 g/mol. The second-order valence-corrected chi connectivity index (χ2v) is 5.05. The smallest absolute Gasteiger partial charge is 0.299 e. The molecule has 0 heterocycles. The molecule has 0 amide bonds. The maximum absolute atomic E-state index is 11.9. The summed E-state index contributed by atoms with van der Waals surface area (Å²) in [5, 5.41) is 0. The Morgan fingerprint density at radius 1 is 0.950 bits per heavy atom. The summed E-state index contributed by atoms with van der Waals surface area (Å²) in [5.74, 6) is -2.63. The van der Waals surface area contributed by atoms with Gasteiger partial charge in [0, 0.05) is 6.42 Å². The van der Waals surface area contributed by atoms with Gasteiger partial charge in [-0.3, -0.25) is 9.59 Å². The van der Waals surface area contributed by atoms with E-state index in [0.717, 1.165) is 18.4 Å². The molecule has 114 valence electrons. The maximum Gasteiger partial charge on any atom is 0.450 e. The average Bonchev–Trinajstić information content (AvgIpc) is 2.26. The Balaban J connectivity index is 4.02. The molecule has 0 aliphatic heterocycles. The lowest BCUT2D eigenvalue weighted by Gasteiger charge is -2.04. The molecule has 0 aromatic rings.